The van der Waals surface area contributed by atoms with E-state index >= 15 is 0 Å². The number of benzene rings is 4. The van der Waals surface area contributed by atoms with Gasteiger partial charge in [0.05, 0.1) is 31.7 Å². The third-order valence-electron chi connectivity index (χ3n) is 6.65. The quantitative estimate of drug-likeness (QED) is 0.115. The van der Waals surface area contributed by atoms with E-state index in [0.717, 1.165) is 36.4 Å². The lowest BCUT2D eigenvalue weighted by Gasteiger charge is -2.08. The number of rotatable bonds is 4. The van der Waals surface area contributed by atoms with Crippen molar-refractivity contribution in [2.75, 3.05) is 0 Å². The first-order chi connectivity index (χ1) is 22.5. The second kappa shape index (κ2) is 12.4. The fourth-order valence-corrected chi connectivity index (χ4v) is 4.45. The molecule has 0 fully saturated rings. The lowest BCUT2D eigenvalue weighted by molar-refractivity contribution is -0.383. The van der Waals surface area contributed by atoms with Crippen LogP contribution >= 0.6 is 0 Å². The standard InChI is InChI=1S/C15H8F3N3O3.C15H7F3N2O4/c16-15(17,18)9-4-1-3-8(7-9)13-19-12-10(14(22)20-13)5-2-6-11(12)21(23)24;16-15(17,18)9-4-1-3-8(7-9)13-19-12-10(14(21)24-13)5-2-6-11(12)20(22)23/h1-7H,(H,19,20,22);1-7H. The molecule has 0 aliphatic carbocycles. The van der Waals surface area contributed by atoms with Crippen LogP contribution < -0.4 is 11.2 Å². The SMILES string of the molecule is O=c1[nH]c(-c2cccc(C(F)(F)F)c2)nc2c([N+](=O)[O-])cccc12.O=c1oc(-c2cccc(C(F)(F)F)c2)nc2c([N+](=O)[O-])cccc12. The van der Waals surface area contributed by atoms with Crippen LogP contribution in [0.2, 0.25) is 0 Å². The van der Waals surface area contributed by atoms with Crippen LogP contribution in [0.5, 0.6) is 0 Å². The molecule has 0 amide bonds. The van der Waals surface area contributed by atoms with Gasteiger partial charge in [-0.1, -0.05) is 30.3 Å². The molecule has 6 aromatic rings. The van der Waals surface area contributed by atoms with E-state index in [1.165, 1.54) is 48.5 Å². The van der Waals surface area contributed by atoms with Crippen LogP contribution in [0.25, 0.3) is 44.6 Å². The largest absolute Gasteiger partial charge is 0.416 e. The fourth-order valence-electron chi connectivity index (χ4n) is 4.45. The van der Waals surface area contributed by atoms with E-state index in [-0.39, 0.29) is 38.8 Å². The number of nitrogens with one attached hydrogen (secondary N) is 1. The molecule has 4 aromatic carbocycles. The van der Waals surface area contributed by atoms with E-state index in [0.29, 0.717) is 0 Å². The van der Waals surface area contributed by atoms with Crippen LogP contribution in [-0.4, -0.2) is 24.8 Å². The first kappa shape index (κ1) is 32.9. The number of nitro groups is 2. The number of nitrogens with zero attached hydrogens (tertiary/aromatic N) is 4. The third-order valence-corrected chi connectivity index (χ3v) is 6.65. The van der Waals surface area contributed by atoms with Gasteiger partial charge in [0.15, 0.2) is 11.0 Å². The van der Waals surface area contributed by atoms with Crippen molar-refractivity contribution >= 4 is 33.2 Å². The lowest BCUT2D eigenvalue weighted by atomic mass is 10.1. The minimum Gasteiger partial charge on any atom is -0.403 e. The van der Waals surface area contributed by atoms with Gasteiger partial charge in [0.25, 0.3) is 16.9 Å². The predicted molar refractivity (Wildman–Crippen MR) is 157 cm³/mol. The van der Waals surface area contributed by atoms with Gasteiger partial charge in [-0.15, -0.1) is 0 Å². The Hall–Kier alpha value is -6.46. The number of alkyl halides is 6. The number of hydrogen-bond donors (Lipinski definition) is 1. The molecule has 0 bridgehead atoms. The number of halogens is 6. The molecule has 6 rings (SSSR count). The van der Waals surface area contributed by atoms with Gasteiger partial charge in [-0.25, -0.2) is 14.8 Å². The molecular formula is C30H15F6N5O7. The maximum Gasteiger partial charge on any atom is 0.416 e. The Labute approximate surface area is 261 Å². The molecule has 0 unspecified atom stereocenters. The second-order valence-electron chi connectivity index (χ2n) is 9.74. The van der Waals surface area contributed by atoms with Gasteiger partial charge in [-0.3, -0.25) is 25.0 Å². The monoisotopic (exact) mass is 671 g/mol. The Kier molecular flexibility index (Phi) is 8.49. The van der Waals surface area contributed by atoms with Crippen LogP contribution in [0.3, 0.4) is 0 Å². The normalized spacial score (nSPS) is 11.6. The van der Waals surface area contributed by atoms with Crippen molar-refractivity contribution in [3.63, 3.8) is 0 Å². The summed E-state index contributed by atoms with van der Waals surface area (Å²) in [6.45, 7) is 0. The van der Waals surface area contributed by atoms with Crippen LogP contribution in [0.1, 0.15) is 11.1 Å². The molecule has 0 saturated heterocycles. The van der Waals surface area contributed by atoms with Gasteiger partial charge in [0.1, 0.15) is 5.82 Å². The highest BCUT2D eigenvalue weighted by Crippen LogP contribution is 2.33. The minimum absolute atomic E-state index is 0.00183. The minimum atomic E-state index is -4.58. The topological polar surface area (TPSA) is 175 Å². The summed E-state index contributed by atoms with van der Waals surface area (Å²) in [6, 6.07) is 15.8. The van der Waals surface area contributed by atoms with Crippen LogP contribution in [-0.2, 0) is 12.4 Å². The van der Waals surface area contributed by atoms with Gasteiger partial charge in [-0.05, 0) is 42.5 Å². The van der Waals surface area contributed by atoms with Gasteiger partial charge < -0.3 is 9.40 Å². The number of aromatic nitrogens is 3. The van der Waals surface area contributed by atoms with Gasteiger partial charge in [-0.2, -0.15) is 26.3 Å². The summed E-state index contributed by atoms with van der Waals surface area (Å²) in [5.74, 6) is -0.596. The predicted octanol–water partition coefficient (Wildman–Crippen LogP) is 7.30. The number of nitro benzene ring substituents is 2. The number of hydrogen-bond acceptors (Lipinski definition) is 9. The molecule has 48 heavy (non-hydrogen) atoms. The van der Waals surface area contributed by atoms with E-state index in [4.69, 9.17) is 4.42 Å². The van der Waals surface area contributed by atoms with Crippen molar-refractivity contribution in [3.8, 4) is 22.8 Å². The molecule has 2 aromatic heterocycles. The fraction of sp³-hybridized carbons (Fsp3) is 0.0667. The molecule has 0 radical (unpaired) electrons. The first-order valence-electron chi connectivity index (χ1n) is 13.2. The average molecular weight is 671 g/mol. The van der Waals surface area contributed by atoms with Crippen LogP contribution in [0.15, 0.2) is 98.9 Å². The Morgan fingerprint density at radius 1 is 0.646 bits per heavy atom. The average Bonchev–Trinajstić information content (AvgIpc) is 3.03. The molecule has 0 atom stereocenters. The van der Waals surface area contributed by atoms with E-state index in [9.17, 15) is 56.2 Å². The highest BCUT2D eigenvalue weighted by atomic mass is 19.4. The van der Waals surface area contributed by atoms with Crippen molar-refractivity contribution in [2.24, 2.45) is 0 Å². The molecule has 2 heterocycles. The molecule has 244 valence electrons. The number of fused-ring (bicyclic) bond motifs is 2. The zero-order chi connectivity index (χ0) is 35.0. The van der Waals surface area contributed by atoms with Crippen molar-refractivity contribution in [3.05, 3.63) is 137 Å². The number of non-ortho nitro benzene ring substituents is 2. The summed E-state index contributed by atoms with van der Waals surface area (Å²) in [5.41, 5.74) is -4.82. The van der Waals surface area contributed by atoms with Gasteiger partial charge in [0, 0.05) is 23.3 Å². The Bertz CT molecular complexity index is 2190. The molecule has 0 aliphatic rings. The second-order valence-corrected chi connectivity index (χ2v) is 9.74. The highest BCUT2D eigenvalue weighted by molar-refractivity contribution is 5.88. The van der Waals surface area contributed by atoms with Crippen molar-refractivity contribution < 1.29 is 40.6 Å². The van der Waals surface area contributed by atoms with Crippen molar-refractivity contribution in [1.82, 2.24) is 15.0 Å². The molecule has 0 aliphatic heterocycles. The van der Waals surface area contributed by atoms with E-state index in [2.05, 4.69) is 15.0 Å². The zero-order valence-electron chi connectivity index (χ0n) is 23.5. The number of aromatic amines is 1. The number of para-hydroxylation sites is 2. The summed E-state index contributed by atoms with van der Waals surface area (Å²) >= 11 is 0. The molecule has 12 nitrogen and oxygen atoms in total. The first-order valence-corrected chi connectivity index (χ1v) is 13.2. The summed E-state index contributed by atoms with van der Waals surface area (Å²) in [4.78, 5) is 55.0. The molecule has 18 heteroatoms. The van der Waals surface area contributed by atoms with E-state index in [1.54, 1.807) is 0 Å². The summed E-state index contributed by atoms with van der Waals surface area (Å²) < 4.78 is 81.7. The Balaban J connectivity index is 0.000000188. The van der Waals surface area contributed by atoms with E-state index in [1.807, 2.05) is 0 Å². The van der Waals surface area contributed by atoms with Gasteiger partial charge >= 0.3 is 18.0 Å². The highest BCUT2D eigenvalue weighted by Gasteiger charge is 2.32. The maximum absolute atomic E-state index is 12.8. The summed E-state index contributed by atoms with van der Waals surface area (Å²) in [6.07, 6.45) is -9.14. The molecule has 0 saturated carbocycles. The van der Waals surface area contributed by atoms with Crippen molar-refractivity contribution in [2.45, 2.75) is 12.4 Å². The Morgan fingerprint density at radius 2 is 1.12 bits per heavy atom. The van der Waals surface area contributed by atoms with Crippen LogP contribution in [0, 0.1) is 20.2 Å². The molecular weight excluding hydrogens is 656 g/mol. The van der Waals surface area contributed by atoms with Crippen LogP contribution in [0.4, 0.5) is 37.7 Å². The third kappa shape index (κ3) is 6.71. The number of H-pyrrole nitrogens is 1. The zero-order valence-corrected chi connectivity index (χ0v) is 23.5. The Morgan fingerprint density at radius 3 is 1.67 bits per heavy atom. The summed E-state index contributed by atoms with van der Waals surface area (Å²) in [7, 11) is 0. The smallest absolute Gasteiger partial charge is 0.403 e. The van der Waals surface area contributed by atoms with E-state index < -0.39 is 61.8 Å². The molecule has 1 N–H and O–H groups in total. The maximum atomic E-state index is 12.8. The lowest BCUT2D eigenvalue weighted by Crippen LogP contribution is -2.11. The van der Waals surface area contributed by atoms with Crippen molar-refractivity contribution in [1.29, 1.82) is 0 Å². The van der Waals surface area contributed by atoms with Gasteiger partial charge in [0.2, 0.25) is 5.89 Å². The summed E-state index contributed by atoms with van der Waals surface area (Å²) in [5, 5.41) is 22.0. The molecule has 0 spiro atoms.